The molecule has 0 aliphatic carbocycles. The number of hydrogen-bond donors (Lipinski definition) is 2. The predicted octanol–water partition coefficient (Wildman–Crippen LogP) is 3.40. The molecule has 0 spiro atoms. The third kappa shape index (κ3) is 5.24. The number of nitrogens with zero attached hydrogens (tertiary/aromatic N) is 1. The van der Waals surface area contributed by atoms with Crippen molar-refractivity contribution >= 4 is 23.4 Å². The van der Waals surface area contributed by atoms with Gasteiger partial charge in [0, 0.05) is 24.5 Å². The van der Waals surface area contributed by atoms with Gasteiger partial charge in [0.15, 0.2) is 0 Å². The van der Waals surface area contributed by atoms with E-state index in [0.717, 1.165) is 13.1 Å². The van der Waals surface area contributed by atoms with E-state index in [0.29, 0.717) is 11.4 Å². The van der Waals surface area contributed by atoms with Crippen LogP contribution in [0, 0.1) is 0 Å². The molecule has 6 nitrogen and oxygen atoms in total. The van der Waals surface area contributed by atoms with Crippen LogP contribution < -0.4 is 20.3 Å². The third-order valence-electron chi connectivity index (χ3n) is 4.22. The molecule has 1 aliphatic rings. The van der Waals surface area contributed by atoms with Crippen LogP contribution in [0.2, 0.25) is 0 Å². The van der Waals surface area contributed by atoms with Gasteiger partial charge in [0.05, 0.1) is 0 Å². The van der Waals surface area contributed by atoms with Gasteiger partial charge in [-0.2, -0.15) is 0 Å². The second-order valence-corrected chi connectivity index (χ2v) is 6.20. The normalized spacial score (nSPS) is 13.8. The Balaban J connectivity index is 1.43. The molecule has 1 heterocycles. The highest BCUT2D eigenvalue weighted by molar-refractivity contribution is 5.94. The summed E-state index contributed by atoms with van der Waals surface area (Å²) in [6.07, 6.45) is 3.09. The maximum absolute atomic E-state index is 12.0. The van der Waals surface area contributed by atoms with Crippen LogP contribution in [0.25, 0.3) is 0 Å². The number of anilines is 2. The summed E-state index contributed by atoms with van der Waals surface area (Å²) in [5, 5.41) is 5.20. The minimum atomic E-state index is -0.660. The summed E-state index contributed by atoms with van der Waals surface area (Å²) < 4.78 is 5.06. The lowest BCUT2D eigenvalue weighted by Gasteiger charge is -2.28. The highest BCUT2D eigenvalue weighted by Gasteiger charge is 2.11. The van der Waals surface area contributed by atoms with Crippen molar-refractivity contribution < 1.29 is 14.3 Å². The van der Waals surface area contributed by atoms with Crippen molar-refractivity contribution in [1.82, 2.24) is 5.32 Å². The highest BCUT2D eigenvalue weighted by Crippen LogP contribution is 2.21. The van der Waals surface area contributed by atoms with Crippen molar-refractivity contribution in [3.05, 3.63) is 54.6 Å². The molecule has 1 fully saturated rings. The van der Waals surface area contributed by atoms with E-state index in [2.05, 4.69) is 15.5 Å². The summed E-state index contributed by atoms with van der Waals surface area (Å²) in [6, 6.07) is 16.5. The number of amides is 2. The number of piperidine rings is 1. The fraction of sp³-hybridized carbons (Fsp3) is 0.300. The van der Waals surface area contributed by atoms with E-state index < -0.39 is 6.09 Å². The van der Waals surface area contributed by atoms with Crippen molar-refractivity contribution in [1.29, 1.82) is 0 Å². The van der Waals surface area contributed by atoms with Crippen molar-refractivity contribution in [2.75, 3.05) is 29.9 Å². The molecule has 6 heteroatoms. The summed E-state index contributed by atoms with van der Waals surface area (Å²) in [7, 11) is 0. The average Bonchev–Trinajstić information content (AvgIpc) is 2.68. The molecule has 2 aromatic rings. The summed E-state index contributed by atoms with van der Waals surface area (Å²) in [5.41, 5.74) is 1.88. The number of ether oxygens (including phenoxy) is 1. The molecular weight excluding hydrogens is 330 g/mol. The van der Waals surface area contributed by atoms with E-state index in [-0.39, 0.29) is 12.5 Å². The number of hydrogen-bond acceptors (Lipinski definition) is 4. The molecule has 0 unspecified atom stereocenters. The van der Waals surface area contributed by atoms with Gasteiger partial charge in [-0.3, -0.25) is 4.79 Å². The number of para-hydroxylation sites is 1. The number of rotatable bonds is 5. The monoisotopic (exact) mass is 353 g/mol. The summed E-state index contributed by atoms with van der Waals surface area (Å²) in [5.74, 6) is 0.124. The van der Waals surface area contributed by atoms with Gasteiger partial charge in [0.25, 0.3) is 0 Å². The van der Waals surface area contributed by atoms with Gasteiger partial charge >= 0.3 is 6.09 Å². The smallest absolute Gasteiger partial charge is 0.410 e. The molecule has 2 aromatic carbocycles. The van der Waals surface area contributed by atoms with E-state index in [1.165, 1.54) is 24.9 Å². The molecule has 3 rings (SSSR count). The largest absolute Gasteiger partial charge is 0.413 e. The van der Waals surface area contributed by atoms with Gasteiger partial charge in [-0.25, -0.2) is 4.79 Å². The van der Waals surface area contributed by atoms with Crippen molar-refractivity contribution in [3.63, 3.8) is 0 Å². The minimum absolute atomic E-state index is 0.153. The molecule has 0 radical (unpaired) electrons. The number of benzene rings is 2. The van der Waals surface area contributed by atoms with Gasteiger partial charge < -0.3 is 20.3 Å². The molecule has 1 aliphatic heterocycles. The van der Waals surface area contributed by atoms with E-state index in [1.807, 2.05) is 30.3 Å². The Bertz CT molecular complexity index is 726. The standard InChI is InChI=1S/C20H23N3O3/c24-19(15-21-20(25)26-18-7-3-1-4-8-18)22-16-9-11-17(12-10-16)23-13-5-2-6-14-23/h1,3-4,7-12H,2,5-6,13-15H2,(H,21,25)(H,22,24). The lowest BCUT2D eigenvalue weighted by Crippen LogP contribution is -2.34. The Morgan fingerprint density at radius 1 is 0.923 bits per heavy atom. The van der Waals surface area contributed by atoms with Gasteiger partial charge in [0.1, 0.15) is 12.3 Å². The van der Waals surface area contributed by atoms with Crippen molar-refractivity contribution in [2.24, 2.45) is 0 Å². The Labute approximate surface area is 153 Å². The Morgan fingerprint density at radius 3 is 2.31 bits per heavy atom. The second-order valence-electron chi connectivity index (χ2n) is 6.20. The van der Waals surface area contributed by atoms with Crippen LogP contribution in [-0.2, 0) is 4.79 Å². The molecule has 0 aromatic heterocycles. The Hall–Kier alpha value is -3.02. The molecule has 26 heavy (non-hydrogen) atoms. The van der Waals surface area contributed by atoms with Crippen LogP contribution >= 0.6 is 0 Å². The Kier molecular flexibility index (Phi) is 6.09. The quantitative estimate of drug-likeness (QED) is 0.864. The first-order valence-corrected chi connectivity index (χ1v) is 8.86. The fourth-order valence-corrected chi connectivity index (χ4v) is 2.90. The lowest BCUT2D eigenvalue weighted by molar-refractivity contribution is -0.115. The highest BCUT2D eigenvalue weighted by atomic mass is 16.6. The summed E-state index contributed by atoms with van der Waals surface area (Å²) in [6.45, 7) is 2.01. The second kappa shape index (κ2) is 8.89. The molecule has 0 bridgehead atoms. The molecule has 136 valence electrons. The molecular formula is C20H23N3O3. The maximum atomic E-state index is 12.0. The first-order valence-electron chi connectivity index (χ1n) is 8.86. The lowest BCUT2D eigenvalue weighted by atomic mass is 10.1. The topological polar surface area (TPSA) is 70.7 Å². The number of carbonyl (C=O) groups is 2. The van der Waals surface area contributed by atoms with Crippen LogP contribution in [-0.4, -0.2) is 31.6 Å². The van der Waals surface area contributed by atoms with E-state index in [1.54, 1.807) is 24.3 Å². The van der Waals surface area contributed by atoms with Gasteiger partial charge in [-0.15, -0.1) is 0 Å². The van der Waals surface area contributed by atoms with Crippen LogP contribution in [0.1, 0.15) is 19.3 Å². The molecule has 0 atom stereocenters. The summed E-state index contributed by atoms with van der Waals surface area (Å²) >= 11 is 0. The number of carbonyl (C=O) groups excluding carboxylic acids is 2. The number of nitrogens with one attached hydrogen (secondary N) is 2. The summed E-state index contributed by atoms with van der Waals surface area (Å²) in [4.78, 5) is 26.0. The van der Waals surface area contributed by atoms with Gasteiger partial charge in [0.2, 0.25) is 5.91 Å². The Morgan fingerprint density at radius 2 is 1.62 bits per heavy atom. The predicted molar refractivity (Wildman–Crippen MR) is 102 cm³/mol. The zero-order valence-electron chi connectivity index (χ0n) is 14.6. The molecule has 0 saturated carbocycles. The minimum Gasteiger partial charge on any atom is -0.410 e. The maximum Gasteiger partial charge on any atom is 0.413 e. The van der Waals surface area contributed by atoms with Crippen LogP contribution in [0.4, 0.5) is 16.2 Å². The SMILES string of the molecule is O=C(CNC(=O)Oc1ccccc1)Nc1ccc(N2CCCCC2)cc1. The third-order valence-corrected chi connectivity index (χ3v) is 4.22. The van der Waals surface area contributed by atoms with E-state index in [4.69, 9.17) is 4.74 Å². The van der Waals surface area contributed by atoms with Gasteiger partial charge in [-0.1, -0.05) is 18.2 Å². The van der Waals surface area contributed by atoms with Crippen LogP contribution in [0.3, 0.4) is 0 Å². The van der Waals surface area contributed by atoms with Crippen molar-refractivity contribution in [3.8, 4) is 5.75 Å². The van der Waals surface area contributed by atoms with Gasteiger partial charge in [-0.05, 0) is 55.7 Å². The first-order chi connectivity index (χ1) is 12.7. The zero-order chi connectivity index (χ0) is 18.2. The molecule has 2 N–H and O–H groups in total. The fourth-order valence-electron chi connectivity index (χ4n) is 2.90. The average molecular weight is 353 g/mol. The van der Waals surface area contributed by atoms with Crippen LogP contribution in [0.15, 0.2) is 54.6 Å². The molecule has 1 saturated heterocycles. The first kappa shape index (κ1) is 17.8. The van der Waals surface area contributed by atoms with Crippen molar-refractivity contribution in [2.45, 2.75) is 19.3 Å². The van der Waals surface area contributed by atoms with Crippen LogP contribution in [0.5, 0.6) is 5.75 Å². The molecule has 2 amide bonds. The van der Waals surface area contributed by atoms with E-state index in [9.17, 15) is 9.59 Å². The van der Waals surface area contributed by atoms with E-state index >= 15 is 0 Å². The zero-order valence-corrected chi connectivity index (χ0v) is 14.6.